The van der Waals surface area contributed by atoms with Gasteiger partial charge in [-0.2, -0.15) is 5.26 Å². The summed E-state index contributed by atoms with van der Waals surface area (Å²) in [6, 6.07) is 9.57. The van der Waals surface area contributed by atoms with Crippen LogP contribution in [0, 0.1) is 29.1 Å². The minimum absolute atomic E-state index is 0.125. The summed E-state index contributed by atoms with van der Waals surface area (Å²) in [6.07, 6.45) is 6.59. The van der Waals surface area contributed by atoms with Crippen LogP contribution in [0.1, 0.15) is 24.0 Å². The maximum atomic E-state index is 13.0. The second kappa shape index (κ2) is 6.97. The number of methoxy groups -OCH3 is 1. The molecule has 0 aromatic heterocycles. The van der Waals surface area contributed by atoms with E-state index in [0.29, 0.717) is 37.1 Å². The SMILES string of the molecule is COCCN(Cc1ccc(C#N)cc1)C(=O)[C@@H]1C[C@H]2C=C[C@H]1C2. The summed E-state index contributed by atoms with van der Waals surface area (Å²) in [5.41, 5.74) is 1.69. The number of rotatable bonds is 6. The Morgan fingerprint density at radius 3 is 2.65 bits per heavy atom. The quantitative estimate of drug-likeness (QED) is 0.759. The zero-order valence-electron chi connectivity index (χ0n) is 13.4. The van der Waals surface area contributed by atoms with E-state index >= 15 is 0 Å². The third kappa shape index (κ3) is 3.46. The lowest BCUT2D eigenvalue weighted by Gasteiger charge is -2.28. The van der Waals surface area contributed by atoms with Crippen LogP contribution >= 0.6 is 0 Å². The molecule has 4 heteroatoms. The van der Waals surface area contributed by atoms with Gasteiger partial charge in [-0.25, -0.2) is 0 Å². The van der Waals surface area contributed by atoms with Crippen molar-refractivity contribution >= 4 is 5.91 Å². The smallest absolute Gasteiger partial charge is 0.226 e. The molecule has 0 heterocycles. The van der Waals surface area contributed by atoms with E-state index in [1.165, 1.54) is 0 Å². The molecule has 23 heavy (non-hydrogen) atoms. The summed E-state index contributed by atoms with van der Waals surface area (Å²) in [4.78, 5) is 14.9. The third-order valence-electron chi connectivity index (χ3n) is 4.93. The topological polar surface area (TPSA) is 53.3 Å². The van der Waals surface area contributed by atoms with Gasteiger partial charge in [-0.05, 0) is 42.4 Å². The van der Waals surface area contributed by atoms with Gasteiger partial charge in [0.05, 0.1) is 18.2 Å². The molecule has 120 valence electrons. The number of hydrogen-bond acceptors (Lipinski definition) is 3. The van der Waals surface area contributed by atoms with Gasteiger partial charge in [0.2, 0.25) is 5.91 Å². The van der Waals surface area contributed by atoms with Gasteiger partial charge >= 0.3 is 0 Å². The van der Waals surface area contributed by atoms with Crippen LogP contribution in [0.5, 0.6) is 0 Å². The molecule has 1 aromatic rings. The fourth-order valence-electron chi connectivity index (χ4n) is 3.67. The molecule has 2 bridgehead atoms. The Morgan fingerprint density at radius 2 is 2.09 bits per heavy atom. The van der Waals surface area contributed by atoms with Crippen molar-refractivity contribution in [3.8, 4) is 6.07 Å². The van der Waals surface area contributed by atoms with E-state index in [2.05, 4.69) is 18.2 Å². The van der Waals surface area contributed by atoms with Crippen molar-refractivity contribution < 1.29 is 9.53 Å². The third-order valence-corrected chi connectivity index (χ3v) is 4.93. The van der Waals surface area contributed by atoms with Gasteiger partial charge in [0, 0.05) is 26.1 Å². The molecule has 0 saturated heterocycles. The highest BCUT2D eigenvalue weighted by Crippen LogP contribution is 2.44. The van der Waals surface area contributed by atoms with Crippen LogP contribution in [-0.4, -0.2) is 31.1 Å². The maximum Gasteiger partial charge on any atom is 0.226 e. The highest BCUT2D eigenvalue weighted by atomic mass is 16.5. The molecular formula is C19H22N2O2. The Kier molecular flexibility index (Phi) is 4.78. The molecule has 1 fully saturated rings. The minimum Gasteiger partial charge on any atom is -0.383 e. The molecule has 0 radical (unpaired) electrons. The second-order valence-electron chi connectivity index (χ2n) is 6.45. The number of carbonyl (C=O) groups is 1. The molecule has 2 aliphatic carbocycles. The highest BCUT2D eigenvalue weighted by Gasteiger charge is 2.41. The predicted octanol–water partition coefficient (Wildman–Crippen LogP) is 2.75. The number of benzene rings is 1. The molecule has 1 saturated carbocycles. The van der Waals surface area contributed by atoms with Gasteiger partial charge in [0.25, 0.3) is 0 Å². The van der Waals surface area contributed by atoms with E-state index in [4.69, 9.17) is 10.00 Å². The summed E-state index contributed by atoms with van der Waals surface area (Å²) in [5, 5.41) is 8.88. The zero-order valence-corrected chi connectivity index (χ0v) is 13.4. The maximum absolute atomic E-state index is 13.0. The standard InChI is InChI=1S/C19H22N2O2/c1-23-9-8-21(13-15-4-2-14(12-20)3-5-15)19(22)18-11-16-6-7-17(18)10-16/h2-7,16-18H,8-11,13H2,1H3/t16-,17-,18+/m0/s1. The van der Waals surface area contributed by atoms with E-state index in [1.54, 1.807) is 19.2 Å². The first-order chi connectivity index (χ1) is 11.2. The number of carbonyl (C=O) groups excluding carboxylic acids is 1. The van der Waals surface area contributed by atoms with Crippen molar-refractivity contribution in [3.05, 3.63) is 47.5 Å². The molecule has 4 nitrogen and oxygen atoms in total. The van der Waals surface area contributed by atoms with Crippen LogP contribution < -0.4 is 0 Å². The number of hydrogen-bond donors (Lipinski definition) is 0. The number of allylic oxidation sites excluding steroid dienone is 2. The summed E-state index contributed by atoms with van der Waals surface area (Å²) < 4.78 is 5.17. The van der Waals surface area contributed by atoms with Crippen molar-refractivity contribution in [2.75, 3.05) is 20.3 Å². The Hall–Kier alpha value is -2.12. The first-order valence-corrected chi connectivity index (χ1v) is 8.16. The van der Waals surface area contributed by atoms with E-state index < -0.39 is 0 Å². The molecule has 2 aliphatic rings. The predicted molar refractivity (Wildman–Crippen MR) is 87.3 cm³/mol. The van der Waals surface area contributed by atoms with Crippen molar-refractivity contribution in [3.63, 3.8) is 0 Å². The number of ether oxygens (including phenoxy) is 1. The summed E-state index contributed by atoms with van der Waals surface area (Å²) in [5.74, 6) is 1.37. The van der Waals surface area contributed by atoms with Gasteiger partial charge in [-0.1, -0.05) is 24.3 Å². The Balaban J connectivity index is 1.70. The molecule has 1 aromatic carbocycles. The lowest BCUT2D eigenvalue weighted by Crippen LogP contribution is -2.39. The second-order valence-corrected chi connectivity index (χ2v) is 6.45. The molecule has 3 rings (SSSR count). The first-order valence-electron chi connectivity index (χ1n) is 8.16. The zero-order chi connectivity index (χ0) is 16.2. The molecule has 0 aliphatic heterocycles. The number of nitriles is 1. The van der Waals surface area contributed by atoms with Crippen molar-refractivity contribution in [1.82, 2.24) is 4.90 Å². The van der Waals surface area contributed by atoms with Crippen LogP contribution in [0.3, 0.4) is 0 Å². The van der Waals surface area contributed by atoms with E-state index in [-0.39, 0.29) is 11.8 Å². The number of amides is 1. The van der Waals surface area contributed by atoms with Crippen molar-refractivity contribution in [1.29, 1.82) is 5.26 Å². The molecule has 0 unspecified atom stereocenters. The molecule has 3 atom stereocenters. The van der Waals surface area contributed by atoms with Crippen LogP contribution in [0.2, 0.25) is 0 Å². The highest BCUT2D eigenvalue weighted by molar-refractivity contribution is 5.80. The average Bonchev–Trinajstić information content (AvgIpc) is 3.21. The van der Waals surface area contributed by atoms with Crippen molar-refractivity contribution in [2.45, 2.75) is 19.4 Å². The minimum atomic E-state index is 0.125. The summed E-state index contributed by atoms with van der Waals surface area (Å²) in [6.45, 7) is 1.72. The Labute approximate surface area is 137 Å². The number of nitrogens with zero attached hydrogens (tertiary/aromatic N) is 2. The normalized spacial score (nSPS) is 24.6. The summed E-state index contributed by atoms with van der Waals surface area (Å²) in [7, 11) is 1.66. The monoisotopic (exact) mass is 310 g/mol. The average molecular weight is 310 g/mol. The van der Waals surface area contributed by atoms with Gasteiger partial charge in [-0.3, -0.25) is 4.79 Å². The van der Waals surface area contributed by atoms with E-state index in [1.807, 2.05) is 17.0 Å². The lowest BCUT2D eigenvalue weighted by atomic mass is 9.92. The van der Waals surface area contributed by atoms with Gasteiger partial charge < -0.3 is 9.64 Å². The molecular weight excluding hydrogens is 288 g/mol. The molecule has 0 N–H and O–H groups in total. The van der Waals surface area contributed by atoms with Gasteiger partial charge in [0.1, 0.15) is 0 Å². The lowest BCUT2D eigenvalue weighted by molar-refractivity contribution is -0.137. The van der Waals surface area contributed by atoms with Gasteiger partial charge in [0.15, 0.2) is 0 Å². The van der Waals surface area contributed by atoms with Crippen LogP contribution in [0.15, 0.2) is 36.4 Å². The Bertz CT molecular complexity index is 630. The number of fused-ring (bicyclic) bond motifs is 2. The van der Waals surface area contributed by atoms with Crippen molar-refractivity contribution in [2.24, 2.45) is 17.8 Å². The fourth-order valence-corrected chi connectivity index (χ4v) is 3.67. The largest absolute Gasteiger partial charge is 0.383 e. The first kappa shape index (κ1) is 15.8. The van der Waals surface area contributed by atoms with E-state index in [0.717, 1.165) is 18.4 Å². The van der Waals surface area contributed by atoms with Crippen LogP contribution in [0.25, 0.3) is 0 Å². The summed E-state index contributed by atoms with van der Waals surface area (Å²) >= 11 is 0. The van der Waals surface area contributed by atoms with E-state index in [9.17, 15) is 4.79 Å². The Morgan fingerprint density at radius 1 is 1.30 bits per heavy atom. The van der Waals surface area contributed by atoms with Gasteiger partial charge in [-0.15, -0.1) is 0 Å². The van der Waals surface area contributed by atoms with Crippen LogP contribution in [-0.2, 0) is 16.1 Å². The van der Waals surface area contributed by atoms with Crippen LogP contribution in [0.4, 0.5) is 0 Å². The molecule has 1 amide bonds. The fraction of sp³-hybridized carbons (Fsp3) is 0.474. The molecule has 0 spiro atoms.